The number of halogens is 2. The van der Waals surface area contributed by atoms with Gasteiger partial charge in [-0.2, -0.15) is 0 Å². The molecule has 0 atom stereocenters. The Kier molecular flexibility index (Phi) is 9.68. The lowest BCUT2D eigenvalue weighted by molar-refractivity contribution is 0.261. The van der Waals surface area contributed by atoms with Gasteiger partial charge < -0.3 is 15.8 Å². The highest BCUT2D eigenvalue weighted by Crippen LogP contribution is 2.23. The summed E-state index contributed by atoms with van der Waals surface area (Å²) in [6.45, 7) is 9.17. The topological polar surface area (TPSA) is 72.5 Å². The van der Waals surface area contributed by atoms with E-state index in [0.29, 0.717) is 35.9 Å². The van der Waals surface area contributed by atoms with Gasteiger partial charge in [0.25, 0.3) is 0 Å². The van der Waals surface area contributed by atoms with Gasteiger partial charge in [0.1, 0.15) is 5.02 Å². The van der Waals surface area contributed by atoms with Crippen LogP contribution in [0, 0.1) is 5.92 Å². The highest BCUT2D eigenvalue weighted by atomic mass is 127. The Balaban J connectivity index is 0.00000400. The van der Waals surface area contributed by atoms with Crippen LogP contribution in [0.3, 0.4) is 0 Å². The van der Waals surface area contributed by atoms with Crippen LogP contribution in [0.4, 0.5) is 0 Å². The smallest absolute Gasteiger partial charge is 0.232 e. The van der Waals surface area contributed by atoms with Crippen molar-refractivity contribution in [1.29, 1.82) is 0 Å². The predicted octanol–water partition coefficient (Wildman–Crippen LogP) is 3.20. The lowest BCUT2D eigenvalue weighted by atomic mass is 10.2. The standard InChI is InChI=1S/C14H23ClN4O.HI/c1-9(2)8-20-13-12(15)5-11(6-17-13)7-18-14(16)19-10(3)4;/h5-6,9-10H,7-8H2,1-4H3,(H3,16,18,19);1H. The normalized spacial score (nSPS) is 11.5. The minimum Gasteiger partial charge on any atom is -0.476 e. The van der Waals surface area contributed by atoms with Gasteiger partial charge in [0.15, 0.2) is 5.96 Å². The minimum absolute atomic E-state index is 0. The summed E-state index contributed by atoms with van der Waals surface area (Å²) in [4.78, 5) is 8.43. The Labute approximate surface area is 148 Å². The van der Waals surface area contributed by atoms with Gasteiger partial charge in [-0.05, 0) is 31.4 Å². The van der Waals surface area contributed by atoms with Crippen molar-refractivity contribution in [3.05, 3.63) is 22.8 Å². The fourth-order valence-electron chi connectivity index (χ4n) is 1.42. The van der Waals surface area contributed by atoms with Crippen LogP contribution in [0.15, 0.2) is 17.3 Å². The summed E-state index contributed by atoms with van der Waals surface area (Å²) in [7, 11) is 0. The molecule has 0 saturated heterocycles. The van der Waals surface area contributed by atoms with Crippen molar-refractivity contribution in [2.24, 2.45) is 16.6 Å². The summed E-state index contributed by atoms with van der Waals surface area (Å²) in [5, 5.41) is 3.52. The van der Waals surface area contributed by atoms with Crippen molar-refractivity contribution in [1.82, 2.24) is 10.3 Å². The highest BCUT2D eigenvalue weighted by Gasteiger charge is 2.06. The van der Waals surface area contributed by atoms with Gasteiger partial charge in [0, 0.05) is 12.2 Å². The highest BCUT2D eigenvalue weighted by molar-refractivity contribution is 14.0. The Bertz CT molecular complexity index is 466. The Morgan fingerprint density at radius 3 is 2.62 bits per heavy atom. The van der Waals surface area contributed by atoms with Gasteiger partial charge in [-0.3, -0.25) is 0 Å². The molecule has 0 spiro atoms. The first kappa shape index (κ1) is 20.2. The fourth-order valence-corrected chi connectivity index (χ4v) is 1.66. The number of pyridine rings is 1. The van der Waals surface area contributed by atoms with Gasteiger partial charge in [-0.15, -0.1) is 24.0 Å². The first-order chi connectivity index (χ1) is 9.38. The molecular weight excluding hydrogens is 403 g/mol. The molecule has 0 amide bonds. The van der Waals surface area contributed by atoms with E-state index in [2.05, 4.69) is 29.1 Å². The molecule has 1 aromatic heterocycles. The second-order valence-electron chi connectivity index (χ2n) is 5.34. The molecule has 0 aliphatic carbocycles. The second kappa shape index (κ2) is 10.0. The molecule has 0 radical (unpaired) electrons. The van der Waals surface area contributed by atoms with Crippen molar-refractivity contribution in [2.75, 3.05) is 6.61 Å². The van der Waals surface area contributed by atoms with Crippen molar-refractivity contribution >= 4 is 41.5 Å². The molecule has 0 aliphatic heterocycles. The quantitative estimate of drug-likeness (QED) is 0.416. The Morgan fingerprint density at radius 2 is 2.10 bits per heavy atom. The number of guanidine groups is 1. The molecule has 1 heterocycles. The van der Waals surface area contributed by atoms with Crippen LogP contribution in [0.1, 0.15) is 33.3 Å². The second-order valence-corrected chi connectivity index (χ2v) is 5.74. The van der Waals surface area contributed by atoms with Gasteiger partial charge in [-0.25, -0.2) is 9.98 Å². The number of nitrogens with one attached hydrogen (secondary N) is 1. The van der Waals surface area contributed by atoms with Crippen molar-refractivity contribution in [3.63, 3.8) is 0 Å². The summed E-state index contributed by atoms with van der Waals surface area (Å²) in [6.07, 6.45) is 1.70. The molecular formula is C14H24ClIN4O. The van der Waals surface area contributed by atoms with E-state index >= 15 is 0 Å². The first-order valence-corrected chi connectivity index (χ1v) is 7.10. The number of nitrogens with two attached hydrogens (primary N) is 1. The van der Waals surface area contributed by atoms with Gasteiger partial charge in [0.2, 0.25) is 5.88 Å². The van der Waals surface area contributed by atoms with E-state index in [-0.39, 0.29) is 30.0 Å². The summed E-state index contributed by atoms with van der Waals surface area (Å²) in [5.41, 5.74) is 6.62. The summed E-state index contributed by atoms with van der Waals surface area (Å²) < 4.78 is 5.52. The van der Waals surface area contributed by atoms with Crippen LogP contribution in [-0.2, 0) is 6.54 Å². The zero-order valence-electron chi connectivity index (χ0n) is 12.9. The van der Waals surface area contributed by atoms with E-state index in [9.17, 15) is 0 Å². The largest absolute Gasteiger partial charge is 0.476 e. The van der Waals surface area contributed by atoms with Gasteiger partial charge in [0.05, 0.1) is 13.2 Å². The molecule has 0 aromatic carbocycles. The fraction of sp³-hybridized carbons (Fsp3) is 0.571. The van der Waals surface area contributed by atoms with Crippen LogP contribution in [0.5, 0.6) is 5.88 Å². The predicted molar refractivity (Wildman–Crippen MR) is 98.6 cm³/mol. The Hall–Kier alpha value is -0.760. The van der Waals surface area contributed by atoms with E-state index in [1.807, 2.05) is 13.8 Å². The lowest BCUT2D eigenvalue weighted by Gasteiger charge is -2.10. The SMILES string of the molecule is CC(C)COc1ncc(CN=C(N)NC(C)C)cc1Cl.I. The molecule has 1 rings (SSSR count). The number of ether oxygens (including phenoxy) is 1. The number of rotatable bonds is 6. The monoisotopic (exact) mass is 426 g/mol. The molecule has 0 bridgehead atoms. The zero-order chi connectivity index (χ0) is 15.1. The summed E-state index contributed by atoms with van der Waals surface area (Å²) in [6, 6.07) is 2.06. The first-order valence-electron chi connectivity index (χ1n) is 6.72. The minimum atomic E-state index is 0. The van der Waals surface area contributed by atoms with Crippen LogP contribution >= 0.6 is 35.6 Å². The summed E-state index contributed by atoms with van der Waals surface area (Å²) >= 11 is 6.13. The number of nitrogens with zero attached hydrogens (tertiary/aromatic N) is 2. The van der Waals surface area contributed by atoms with Crippen LogP contribution in [-0.4, -0.2) is 23.6 Å². The molecule has 0 aliphatic rings. The summed E-state index contributed by atoms with van der Waals surface area (Å²) in [5.74, 6) is 1.30. The zero-order valence-corrected chi connectivity index (χ0v) is 16.0. The third-order valence-corrected chi connectivity index (χ3v) is 2.56. The van der Waals surface area contributed by atoms with Crippen molar-refractivity contribution < 1.29 is 4.74 Å². The molecule has 0 saturated carbocycles. The van der Waals surface area contributed by atoms with E-state index < -0.39 is 0 Å². The number of aliphatic imine (C=N–C) groups is 1. The van der Waals surface area contributed by atoms with E-state index in [0.717, 1.165) is 5.56 Å². The third kappa shape index (κ3) is 8.31. The number of hydrogen-bond donors (Lipinski definition) is 2. The number of hydrogen-bond acceptors (Lipinski definition) is 3. The average Bonchev–Trinajstić information content (AvgIpc) is 2.34. The number of aromatic nitrogens is 1. The molecule has 5 nitrogen and oxygen atoms in total. The lowest BCUT2D eigenvalue weighted by Crippen LogP contribution is -2.36. The van der Waals surface area contributed by atoms with E-state index in [4.69, 9.17) is 22.1 Å². The molecule has 21 heavy (non-hydrogen) atoms. The molecule has 7 heteroatoms. The van der Waals surface area contributed by atoms with Crippen molar-refractivity contribution in [2.45, 2.75) is 40.3 Å². The Morgan fingerprint density at radius 1 is 1.43 bits per heavy atom. The maximum atomic E-state index is 6.13. The average molecular weight is 427 g/mol. The van der Waals surface area contributed by atoms with E-state index in [1.165, 1.54) is 0 Å². The molecule has 0 unspecified atom stereocenters. The maximum Gasteiger partial charge on any atom is 0.232 e. The molecule has 120 valence electrons. The van der Waals surface area contributed by atoms with Gasteiger partial charge in [-0.1, -0.05) is 25.4 Å². The van der Waals surface area contributed by atoms with Gasteiger partial charge >= 0.3 is 0 Å². The molecule has 0 fully saturated rings. The van der Waals surface area contributed by atoms with Crippen LogP contribution in [0.2, 0.25) is 5.02 Å². The van der Waals surface area contributed by atoms with Crippen LogP contribution < -0.4 is 15.8 Å². The third-order valence-electron chi connectivity index (χ3n) is 2.29. The van der Waals surface area contributed by atoms with Crippen molar-refractivity contribution in [3.8, 4) is 5.88 Å². The molecule has 1 aromatic rings. The van der Waals surface area contributed by atoms with E-state index in [1.54, 1.807) is 12.3 Å². The molecule has 3 N–H and O–H groups in total. The van der Waals surface area contributed by atoms with Crippen LogP contribution in [0.25, 0.3) is 0 Å². The maximum absolute atomic E-state index is 6.13.